The van der Waals surface area contributed by atoms with Crippen LogP contribution in [-0.2, 0) is 9.84 Å². The maximum absolute atomic E-state index is 12.1. The second-order valence-corrected chi connectivity index (χ2v) is 8.37. The van der Waals surface area contributed by atoms with Gasteiger partial charge in [0.2, 0.25) is 0 Å². The first kappa shape index (κ1) is 14.3. The molecule has 3 nitrogen and oxygen atoms in total. The Morgan fingerprint density at radius 3 is 2.44 bits per heavy atom. The Balaban J connectivity index is 1.77. The summed E-state index contributed by atoms with van der Waals surface area (Å²) in [4.78, 5) is 0. The van der Waals surface area contributed by atoms with Gasteiger partial charge in [0.05, 0.1) is 11.5 Å². The van der Waals surface area contributed by atoms with Crippen LogP contribution in [-0.4, -0.2) is 33.0 Å². The fourth-order valence-corrected chi connectivity index (χ4v) is 5.59. The molecule has 18 heavy (non-hydrogen) atoms. The third-order valence-electron chi connectivity index (χ3n) is 4.79. The van der Waals surface area contributed by atoms with E-state index in [4.69, 9.17) is 0 Å². The minimum absolute atomic E-state index is 0.409. The predicted octanol–water partition coefficient (Wildman–Crippen LogP) is 2.37. The molecule has 0 amide bonds. The summed E-state index contributed by atoms with van der Waals surface area (Å²) in [7, 11) is -0.816. The Kier molecular flexibility index (Phi) is 5.07. The largest absolute Gasteiger partial charge is 0.317 e. The van der Waals surface area contributed by atoms with Crippen molar-refractivity contribution in [2.24, 2.45) is 11.8 Å². The Morgan fingerprint density at radius 1 is 1.06 bits per heavy atom. The summed E-state index contributed by atoms with van der Waals surface area (Å²) in [6.45, 7) is 0. The molecule has 2 atom stereocenters. The summed E-state index contributed by atoms with van der Waals surface area (Å²) in [5.74, 6) is 1.89. The maximum atomic E-state index is 12.1. The highest BCUT2D eigenvalue weighted by Gasteiger charge is 2.28. The average molecular weight is 273 g/mol. The zero-order valence-electron chi connectivity index (χ0n) is 11.5. The molecule has 106 valence electrons. The van der Waals surface area contributed by atoms with E-state index in [9.17, 15) is 8.42 Å². The SMILES string of the molecule is CNC1CCCC1CCS(=O)(=O)CC1CCCC1. The Hall–Kier alpha value is -0.0900. The molecule has 1 N–H and O–H groups in total. The molecule has 2 aliphatic rings. The zero-order valence-corrected chi connectivity index (χ0v) is 12.3. The van der Waals surface area contributed by atoms with Crippen LogP contribution in [0.25, 0.3) is 0 Å². The lowest BCUT2D eigenvalue weighted by molar-refractivity contribution is 0.413. The summed E-state index contributed by atoms with van der Waals surface area (Å²) >= 11 is 0. The molecule has 4 heteroatoms. The van der Waals surface area contributed by atoms with Gasteiger partial charge in [0, 0.05) is 6.04 Å². The molecule has 0 radical (unpaired) electrons. The summed E-state index contributed by atoms with van der Waals surface area (Å²) in [6, 6.07) is 0.548. The van der Waals surface area contributed by atoms with Gasteiger partial charge in [-0.3, -0.25) is 0 Å². The smallest absolute Gasteiger partial charge is 0.150 e. The molecule has 0 aromatic heterocycles. The van der Waals surface area contributed by atoms with Crippen molar-refractivity contribution < 1.29 is 8.42 Å². The van der Waals surface area contributed by atoms with E-state index in [0.29, 0.717) is 29.4 Å². The van der Waals surface area contributed by atoms with E-state index < -0.39 is 9.84 Å². The molecule has 2 aliphatic carbocycles. The molecule has 2 unspecified atom stereocenters. The van der Waals surface area contributed by atoms with Gasteiger partial charge in [-0.2, -0.15) is 0 Å². The number of hydrogen-bond donors (Lipinski definition) is 1. The zero-order chi connectivity index (χ0) is 13.0. The Labute approximate surface area is 112 Å². The van der Waals surface area contributed by atoms with Crippen LogP contribution in [0.5, 0.6) is 0 Å². The first-order valence-corrected chi connectivity index (χ1v) is 9.30. The predicted molar refractivity (Wildman–Crippen MR) is 75.4 cm³/mol. The van der Waals surface area contributed by atoms with Crippen molar-refractivity contribution in [2.75, 3.05) is 18.6 Å². The van der Waals surface area contributed by atoms with E-state index in [0.717, 1.165) is 19.3 Å². The molecule has 0 aliphatic heterocycles. The lowest BCUT2D eigenvalue weighted by atomic mass is 10.0. The highest BCUT2D eigenvalue weighted by molar-refractivity contribution is 7.91. The molecule has 2 fully saturated rings. The van der Waals surface area contributed by atoms with Crippen LogP contribution in [0, 0.1) is 11.8 Å². The van der Waals surface area contributed by atoms with Crippen LogP contribution in [0.15, 0.2) is 0 Å². The van der Waals surface area contributed by atoms with Crippen LogP contribution in [0.4, 0.5) is 0 Å². The van der Waals surface area contributed by atoms with Crippen molar-refractivity contribution in [2.45, 2.75) is 57.4 Å². The topological polar surface area (TPSA) is 46.2 Å². The van der Waals surface area contributed by atoms with E-state index in [-0.39, 0.29) is 0 Å². The second kappa shape index (κ2) is 6.38. The van der Waals surface area contributed by atoms with Gasteiger partial charge in [0.15, 0.2) is 9.84 Å². The molecule has 2 saturated carbocycles. The van der Waals surface area contributed by atoms with Gasteiger partial charge >= 0.3 is 0 Å². The number of hydrogen-bond acceptors (Lipinski definition) is 3. The summed E-state index contributed by atoms with van der Waals surface area (Å²) in [5, 5.41) is 3.33. The fraction of sp³-hybridized carbons (Fsp3) is 1.00. The van der Waals surface area contributed by atoms with Crippen LogP contribution in [0.3, 0.4) is 0 Å². The van der Waals surface area contributed by atoms with Crippen LogP contribution >= 0.6 is 0 Å². The van der Waals surface area contributed by atoms with Gasteiger partial charge in [-0.1, -0.05) is 19.3 Å². The highest BCUT2D eigenvalue weighted by Crippen LogP contribution is 2.30. The molecule has 0 aromatic carbocycles. The summed E-state index contributed by atoms with van der Waals surface area (Å²) in [5.41, 5.74) is 0. The second-order valence-electron chi connectivity index (χ2n) is 6.14. The summed E-state index contributed by atoms with van der Waals surface area (Å²) < 4.78 is 24.2. The van der Waals surface area contributed by atoms with E-state index in [2.05, 4.69) is 5.32 Å². The fourth-order valence-electron chi connectivity index (χ4n) is 3.71. The number of sulfone groups is 1. The highest BCUT2D eigenvalue weighted by atomic mass is 32.2. The molecule has 0 saturated heterocycles. The van der Waals surface area contributed by atoms with Gasteiger partial charge in [-0.05, 0) is 51.0 Å². The number of rotatable bonds is 6. The quantitative estimate of drug-likeness (QED) is 0.808. The lowest BCUT2D eigenvalue weighted by Gasteiger charge is -2.19. The molecule has 0 spiro atoms. The van der Waals surface area contributed by atoms with Gasteiger partial charge in [0.25, 0.3) is 0 Å². The monoisotopic (exact) mass is 273 g/mol. The minimum atomic E-state index is -2.81. The van der Waals surface area contributed by atoms with Crippen LogP contribution in [0.1, 0.15) is 51.4 Å². The molecule has 2 rings (SSSR count). The van der Waals surface area contributed by atoms with Crippen molar-refractivity contribution in [1.29, 1.82) is 0 Å². The summed E-state index contributed by atoms with van der Waals surface area (Å²) in [6.07, 6.45) is 9.23. The van der Waals surface area contributed by atoms with E-state index in [1.165, 1.54) is 32.1 Å². The molecule has 0 aromatic rings. The van der Waals surface area contributed by atoms with Crippen molar-refractivity contribution in [3.63, 3.8) is 0 Å². The van der Waals surface area contributed by atoms with Crippen molar-refractivity contribution in [1.82, 2.24) is 5.32 Å². The van der Waals surface area contributed by atoms with E-state index >= 15 is 0 Å². The molecular weight excluding hydrogens is 246 g/mol. The number of nitrogens with one attached hydrogen (secondary N) is 1. The van der Waals surface area contributed by atoms with Crippen molar-refractivity contribution >= 4 is 9.84 Å². The van der Waals surface area contributed by atoms with Gasteiger partial charge < -0.3 is 5.32 Å². The van der Waals surface area contributed by atoms with Gasteiger partial charge in [-0.15, -0.1) is 0 Å². The van der Waals surface area contributed by atoms with Crippen LogP contribution < -0.4 is 5.32 Å². The average Bonchev–Trinajstić information content (AvgIpc) is 2.96. The van der Waals surface area contributed by atoms with Gasteiger partial charge in [0.1, 0.15) is 0 Å². The maximum Gasteiger partial charge on any atom is 0.150 e. The van der Waals surface area contributed by atoms with Crippen molar-refractivity contribution in [3.8, 4) is 0 Å². The van der Waals surface area contributed by atoms with E-state index in [1.54, 1.807) is 0 Å². The minimum Gasteiger partial charge on any atom is -0.317 e. The van der Waals surface area contributed by atoms with E-state index in [1.807, 2.05) is 7.05 Å². The Bertz CT molecular complexity index is 347. The standard InChI is InChI=1S/C14H27NO2S/c1-15-14-8-4-7-13(14)9-10-18(16,17)11-12-5-2-3-6-12/h12-15H,2-11H2,1H3. The molecular formula is C14H27NO2S. The lowest BCUT2D eigenvalue weighted by Crippen LogP contribution is -2.30. The third kappa shape index (κ3) is 3.95. The molecule has 0 bridgehead atoms. The molecule has 0 heterocycles. The Morgan fingerprint density at radius 2 is 1.78 bits per heavy atom. The van der Waals surface area contributed by atoms with Crippen LogP contribution in [0.2, 0.25) is 0 Å². The third-order valence-corrected chi connectivity index (χ3v) is 6.63. The normalized spacial score (nSPS) is 30.1. The first-order chi connectivity index (χ1) is 8.61. The first-order valence-electron chi connectivity index (χ1n) is 7.48. The van der Waals surface area contributed by atoms with Gasteiger partial charge in [-0.25, -0.2) is 8.42 Å². The van der Waals surface area contributed by atoms with Crippen molar-refractivity contribution in [3.05, 3.63) is 0 Å².